The van der Waals surface area contributed by atoms with Gasteiger partial charge in [-0.15, -0.1) is 0 Å². The molecule has 0 aliphatic rings. The van der Waals surface area contributed by atoms with Gasteiger partial charge in [0.05, 0.1) is 7.11 Å². The van der Waals surface area contributed by atoms with Gasteiger partial charge in [-0.2, -0.15) is 0 Å². The first-order valence-electron chi connectivity index (χ1n) is 10.7. The lowest BCUT2D eigenvalue weighted by molar-refractivity contribution is 0.209. The number of ether oxygens (including phenoxy) is 3. The SMILES string of the molecule is COc1cccc(CNCc2ccc(C(C)(C)C)cc2)c1OCCOc1ccccc1. The van der Waals surface area contributed by atoms with Gasteiger partial charge in [0.15, 0.2) is 11.5 Å². The second kappa shape index (κ2) is 10.9. The van der Waals surface area contributed by atoms with Crippen molar-refractivity contribution in [2.45, 2.75) is 39.3 Å². The Bertz CT molecular complexity index is 931. The molecule has 0 aliphatic heterocycles. The summed E-state index contributed by atoms with van der Waals surface area (Å²) >= 11 is 0. The van der Waals surface area contributed by atoms with Crippen LogP contribution < -0.4 is 19.5 Å². The third-order valence-electron chi connectivity index (χ3n) is 5.09. The van der Waals surface area contributed by atoms with Crippen molar-refractivity contribution in [1.29, 1.82) is 0 Å². The maximum atomic E-state index is 6.05. The number of methoxy groups -OCH3 is 1. The number of rotatable bonds is 10. The predicted octanol–water partition coefficient (Wildman–Crippen LogP) is 5.74. The lowest BCUT2D eigenvalue weighted by Crippen LogP contribution is -2.16. The Labute approximate surface area is 186 Å². The molecule has 3 aromatic rings. The summed E-state index contributed by atoms with van der Waals surface area (Å²) in [4.78, 5) is 0. The fourth-order valence-electron chi connectivity index (χ4n) is 3.31. The molecule has 4 nitrogen and oxygen atoms in total. The van der Waals surface area contributed by atoms with Crippen molar-refractivity contribution in [3.05, 3.63) is 89.5 Å². The molecule has 0 atom stereocenters. The van der Waals surface area contributed by atoms with Crippen LogP contribution in [-0.2, 0) is 18.5 Å². The van der Waals surface area contributed by atoms with Gasteiger partial charge >= 0.3 is 0 Å². The first-order valence-corrected chi connectivity index (χ1v) is 10.7. The van der Waals surface area contributed by atoms with Gasteiger partial charge in [-0.1, -0.05) is 75.4 Å². The molecule has 0 saturated carbocycles. The zero-order valence-electron chi connectivity index (χ0n) is 19.0. The molecule has 0 spiro atoms. The molecule has 164 valence electrons. The van der Waals surface area contributed by atoms with Gasteiger partial charge in [-0.05, 0) is 34.7 Å². The highest BCUT2D eigenvalue weighted by molar-refractivity contribution is 5.46. The average Bonchev–Trinajstić information content (AvgIpc) is 2.77. The minimum Gasteiger partial charge on any atom is -0.493 e. The molecule has 0 fully saturated rings. The van der Waals surface area contributed by atoms with Crippen LogP contribution in [0.3, 0.4) is 0 Å². The molecule has 0 aromatic heterocycles. The summed E-state index contributed by atoms with van der Waals surface area (Å²) in [6.45, 7) is 9.08. The third kappa shape index (κ3) is 6.76. The van der Waals surface area contributed by atoms with E-state index >= 15 is 0 Å². The summed E-state index contributed by atoms with van der Waals surface area (Å²) in [5.41, 5.74) is 3.83. The van der Waals surface area contributed by atoms with Crippen LogP contribution in [0.5, 0.6) is 17.2 Å². The van der Waals surface area contributed by atoms with Gasteiger partial charge in [-0.3, -0.25) is 0 Å². The number of para-hydroxylation sites is 2. The Morgan fingerprint density at radius 3 is 2.13 bits per heavy atom. The van der Waals surface area contributed by atoms with E-state index in [0.29, 0.717) is 19.8 Å². The average molecular weight is 420 g/mol. The molecule has 1 N–H and O–H groups in total. The van der Waals surface area contributed by atoms with Crippen LogP contribution in [0.1, 0.15) is 37.5 Å². The van der Waals surface area contributed by atoms with Gasteiger partial charge in [0.1, 0.15) is 19.0 Å². The van der Waals surface area contributed by atoms with E-state index in [2.05, 4.69) is 56.4 Å². The summed E-state index contributed by atoms with van der Waals surface area (Å²) in [6.07, 6.45) is 0. The van der Waals surface area contributed by atoms with Crippen molar-refractivity contribution in [2.24, 2.45) is 0 Å². The van der Waals surface area contributed by atoms with Crippen molar-refractivity contribution < 1.29 is 14.2 Å². The lowest BCUT2D eigenvalue weighted by atomic mass is 9.87. The van der Waals surface area contributed by atoms with Crippen molar-refractivity contribution in [3.63, 3.8) is 0 Å². The molecule has 0 aliphatic carbocycles. The maximum absolute atomic E-state index is 6.05. The van der Waals surface area contributed by atoms with Crippen LogP contribution in [0, 0.1) is 0 Å². The number of benzene rings is 3. The smallest absolute Gasteiger partial charge is 0.165 e. The van der Waals surface area contributed by atoms with E-state index in [9.17, 15) is 0 Å². The summed E-state index contributed by atoms with van der Waals surface area (Å²) in [5.74, 6) is 2.33. The van der Waals surface area contributed by atoms with E-state index < -0.39 is 0 Å². The highest BCUT2D eigenvalue weighted by Gasteiger charge is 2.13. The van der Waals surface area contributed by atoms with Gasteiger partial charge in [0.25, 0.3) is 0 Å². The normalized spacial score (nSPS) is 11.2. The van der Waals surface area contributed by atoms with E-state index in [4.69, 9.17) is 14.2 Å². The Morgan fingerprint density at radius 1 is 0.742 bits per heavy atom. The van der Waals surface area contributed by atoms with Gasteiger partial charge in [-0.25, -0.2) is 0 Å². The quantitative estimate of drug-likeness (QED) is 0.425. The molecule has 0 bridgehead atoms. The largest absolute Gasteiger partial charge is 0.493 e. The number of hydrogen-bond acceptors (Lipinski definition) is 4. The van der Waals surface area contributed by atoms with E-state index in [1.165, 1.54) is 11.1 Å². The monoisotopic (exact) mass is 419 g/mol. The topological polar surface area (TPSA) is 39.7 Å². The van der Waals surface area contributed by atoms with Gasteiger partial charge in [0.2, 0.25) is 0 Å². The van der Waals surface area contributed by atoms with Crippen molar-refractivity contribution in [2.75, 3.05) is 20.3 Å². The lowest BCUT2D eigenvalue weighted by Gasteiger charge is -2.19. The first-order chi connectivity index (χ1) is 15.0. The van der Waals surface area contributed by atoms with E-state index in [0.717, 1.165) is 29.4 Å². The molecule has 0 radical (unpaired) electrons. The summed E-state index contributed by atoms with van der Waals surface area (Å²) in [5, 5.41) is 3.52. The highest BCUT2D eigenvalue weighted by Crippen LogP contribution is 2.31. The Kier molecular flexibility index (Phi) is 7.96. The van der Waals surface area contributed by atoms with Crippen molar-refractivity contribution in [3.8, 4) is 17.2 Å². The second-order valence-electron chi connectivity index (χ2n) is 8.51. The number of nitrogens with one attached hydrogen (secondary N) is 1. The fraction of sp³-hybridized carbons (Fsp3) is 0.333. The molecule has 0 amide bonds. The predicted molar refractivity (Wildman–Crippen MR) is 126 cm³/mol. The summed E-state index contributed by atoms with van der Waals surface area (Å²) in [7, 11) is 1.66. The fourth-order valence-corrected chi connectivity index (χ4v) is 3.31. The van der Waals surface area contributed by atoms with Gasteiger partial charge < -0.3 is 19.5 Å². The highest BCUT2D eigenvalue weighted by atomic mass is 16.5. The zero-order valence-corrected chi connectivity index (χ0v) is 19.0. The molecule has 3 aromatic carbocycles. The molecule has 0 saturated heterocycles. The Hall–Kier alpha value is -2.98. The molecule has 31 heavy (non-hydrogen) atoms. The molecular formula is C27H33NO3. The van der Waals surface area contributed by atoms with Crippen LogP contribution in [0.2, 0.25) is 0 Å². The number of hydrogen-bond donors (Lipinski definition) is 1. The molecule has 0 heterocycles. The van der Waals surface area contributed by atoms with Crippen LogP contribution >= 0.6 is 0 Å². The third-order valence-corrected chi connectivity index (χ3v) is 5.09. The Balaban J connectivity index is 1.55. The van der Waals surface area contributed by atoms with E-state index in [1.807, 2.05) is 42.5 Å². The maximum Gasteiger partial charge on any atom is 0.165 e. The molecule has 3 rings (SSSR count). The van der Waals surface area contributed by atoms with Crippen LogP contribution in [0.15, 0.2) is 72.8 Å². The zero-order chi connectivity index (χ0) is 22.1. The molecule has 0 unspecified atom stereocenters. The van der Waals surface area contributed by atoms with Crippen molar-refractivity contribution >= 4 is 0 Å². The summed E-state index contributed by atoms with van der Waals surface area (Å²) in [6, 6.07) is 24.5. The van der Waals surface area contributed by atoms with Crippen LogP contribution in [-0.4, -0.2) is 20.3 Å². The molecule has 4 heteroatoms. The summed E-state index contributed by atoms with van der Waals surface area (Å²) < 4.78 is 17.3. The Morgan fingerprint density at radius 2 is 1.45 bits per heavy atom. The van der Waals surface area contributed by atoms with Gasteiger partial charge in [0, 0.05) is 18.7 Å². The first kappa shape index (κ1) is 22.7. The second-order valence-corrected chi connectivity index (χ2v) is 8.51. The van der Waals surface area contributed by atoms with E-state index in [1.54, 1.807) is 7.11 Å². The van der Waals surface area contributed by atoms with Crippen LogP contribution in [0.25, 0.3) is 0 Å². The minimum atomic E-state index is 0.170. The molecular weight excluding hydrogens is 386 g/mol. The minimum absolute atomic E-state index is 0.170. The standard InChI is InChI=1S/C27H33NO3/c1-27(2,3)23-15-13-21(14-16-23)19-28-20-22-9-8-12-25(29-4)26(22)31-18-17-30-24-10-6-5-7-11-24/h5-16,28H,17-20H2,1-4H3. The van der Waals surface area contributed by atoms with Crippen molar-refractivity contribution in [1.82, 2.24) is 5.32 Å². The van der Waals surface area contributed by atoms with Crippen LogP contribution in [0.4, 0.5) is 0 Å². The van der Waals surface area contributed by atoms with E-state index in [-0.39, 0.29) is 5.41 Å².